The van der Waals surface area contributed by atoms with Crippen LogP contribution in [0.4, 0.5) is 0 Å². The average molecular weight is 481 g/mol. The molecule has 1 aliphatic carbocycles. The largest absolute Gasteiger partial charge is 0.495 e. The highest BCUT2D eigenvalue weighted by Gasteiger charge is 2.37. The smallest absolute Gasteiger partial charge is 0.182 e. The first-order chi connectivity index (χ1) is 15.0. The fourth-order valence-corrected chi connectivity index (χ4v) is 7.80. The van der Waals surface area contributed by atoms with Gasteiger partial charge in [0.15, 0.2) is 15.0 Å². The van der Waals surface area contributed by atoms with E-state index >= 15 is 0 Å². The number of aromatic nitrogens is 2. The summed E-state index contributed by atoms with van der Waals surface area (Å²) in [5.74, 6) is 0.438. The number of hydrogen-bond acceptors (Lipinski definition) is 7. The van der Waals surface area contributed by atoms with Gasteiger partial charge in [-0.15, -0.1) is 0 Å². The van der Waals surface area contributed by atoms with Gasteiger partial charge in [-0.25, -0.2) is 13.4 Å². The summed E-state index contributed by atoms with van der Waals surface area (Å²) in [6, 6.07) is 5.28. The van der Waals surface area contributed by atoms with Crippen LogP contribution in [0.2, 0.25) is 0 Å². The van der Waals surface area contributed by atoms with Crippen LogP contribution in [0.3, 0.4) is 0 Å². The van der Waals surface area contributed by atoms with Crippen molar-refractivity contribution in [2.45, 2.75) is 80.0 Å². The Morgan fingerprint density at radius 3 is 2.56 bits per heavy atom. The summed E-state index contributed by atoms with van der Waals surface area (Å²) >= 11 is 1.55. The van der Waals surface area contributed by atoms with E-state index in [4.69, 9.17) is 4.74 Å². The number of fused-ring (bicyclic) bond motifs is 1. The molecule has 1 saturated carbocycles. The van der Waals surface area contributed by atoms with Crippen LogP contribution in [-0.2, 0) is 16.4 Å². The van der Waals surface area contributed by atoms with Gasteiger partial charge in [0.25, 0.3) is 0 Å². The van der Waals surface area contributed by atoms with Gasteiger partial charge in [-0.05, 0) is 70.6 Å². The number of rotatable bonds is 6. The third kappa shape index (κ3) is 4.58. The first-order valence-corrected chi connectivity index (χ1v) is 13.6. The van der Waals surface area contributed by atoms with Gasteiger partial charge in [-0.1, -0.05) is 11.8 Å². The van der Waals surface area contributed by atoms with Gasteiger partial charge in [-0.3, -0.25) is 0 Å². The highest BCUT2D eigenvalue weighted by atomic mass is 32.2. The molecule has 1 unspecified atom stereocenters. The average Bonchev–Trinajstić information content (AvgIpc) is 3.26. The minimum absolute atomic E-state index is 0.0209. The van der Waals surface area contributed by atoms with Crippen LogP contribution < -0.4 is 4.74 Å². The van der Waals surface area contributed by atoms with Crippen molar-refractivity contribution in [3.05, 3.63) is 23.9 Å². The number of ether oxygens (including phenoxy) is 1. The molecule has 0 saturated heterocycles. The van der Waals surface area contributed by atoms with Crippen molar-refractivity contribution in [2.75, 3.05) is 12.9 Å². The first kappa shape index (κ1) is 23.6. The molecule has 2 aliphatic rings. The van der Waals surface area contributed by atoms with Gasteiger partial charge in [0, 0.05) is 12.1 Å². The predicted octanol–water partition coefficient (Wildman–Crippen LogP) is 3.44. The zero-order valence-electron chi connectivity index (χ0n) is 19.0. The van der Waals surface area contributed by atoms with Crippen molar-refractivity contribution in [3.8, 4) is 17.0 Å². The Morgan fingerprint density at radius 1 is 1.25 bits per heavy atom. The fraction of sp³-hybridized carbons (Fsp3) is 0.609. The second-order valence-corrected chi connectivity index (χ2v) is 12.7. The van der Waals surface area contributed by atoms with E-state index in [1.54, 1.807) is 37.7 Å². The van der Waals surface area contributed by atoms with E-state index < -0.39 is 15.4 Å². The molecule has 2 aromatic rings. The van der Waals surface area contributed by atoms with Crippen LogP contribution in [0.15, 0.2) is 28.3 Å². The second kappa shape index (κ2) is 8.66. The summed E-state index contributed by atoms with van der Waals surface area (Å²) in [4.78, 5) is 4.87. The molecular formula is C23H32N2O5S2. The van der Waals surface area contributed by atoms with E-state index in [2.05, 4.69) is 9.55 Å². The maximum atomic E-state index is 13.4. The van der Waals surface area contributed by atoms with E-state index in [1.807, 2.05) is 13.0 Å². The van der Waals surface area contributed by atoms with E-state index in [9.17, 15) is 18.6 Å². The topological polar surface area (TPSA) is 102 Å². The first-order valence-electron chi connectivity index (χ1n) is 11.0. The van der Waals surface area contributed by atoms with Crippen molar-refractivity contribution in [2.24, 2.45) is 5.92 Å². The summed E-state index contributed by atoms with van der Waals surface area (Å²) in [5, 5.41) is 21.0. The molecule has 2 N–H and O–H groups in total. The molecule has 7 nitrogen and oxygen atoms in total. The molecule has 1 atom stereocenters. The molecule has 9 heteroatoms. The lowest BCUT2D eigenvalue weighted by Crippen LogP contribution is -2.34. The van der Waals surface area contributed by atoms with Crippen LogP contribution >= 0.6 is 11.8 Å². The van der Waals surface area contributed by atoms with Gasteiger partial charge in [0.05, 0.1) is 41.2 Å². The zero-order chi connectivity index (χ0) is 23.3. The summed E-state index contributed by atoms with van der Waals surface area (Å²) in [6.45, 7) is 6.13. The molecule has 0 spiro atoms. The van der Waals surface area contributed by atoms with Crippen molar-refractivity contribution < 1.29 is 23.4 Å². The number of hydrogen-bond donors (Lipinski definition) is 2. The number of aryl methyl sites for hydroxylation is 1. The Hall–Kier alpha value is -1.55. The fourth-order valence-electron chi connectivity index (χ4n) is 4.65. The molecule has 1 aromatic heterocycles. The molecule has 4 rings (SSSR count). The van der Waals surface area contributed by atoms with E-state index in [-0.39, 0.29) is 27.9 Å². The van der Waals surface area contributed by atoms with Crippen LogP contribution in [0.5, 0.6) is 5.75 Å². The van der Waals surface area contributed by atoms with Crippen LogP contribution in [0, 0.1) is 12.8 Å². The molecular weight excluding hydrogens is 448 g/mol. The number of aliphatic hydroxyl groups excluding tert-OH is 1. The predicted molar refractivity (Wildman–Crippen MR) is 125 cm³/mol. The number of imidazole rings is 1. The quantitative estimate of drug-likeness (QED) is 0.653. The third-order valence-electron chi connectivity index (χ3n) is 6.53. The number of benzene rings is 1. The van der Waals surface area contributed by atoms with Gasteiger partial charge in [0.2, 0.25) is 0 Å². The SMILES string of the molecule is COc1ccc(-c2c(C)nc3n2CC(C(C)(C)O)S3)cc1S(=O)(=O)CC1CCC(O)CC1. The molecule has 176 valence electrons. The maximum Gasteiger partial charge on any atom is 0.182 e. The monoisotopic (exact) mass is 480 g/mol. The molecule has 32 heavy (non-hydrogen) atoms. The van der Waals surface area contributed by atoms with E-state index in [1.165, 1.54) is 7.11 Å². The maximum absolute atomic E-state index is 13.4. The number of nitrogens with zero attached hydrogens (tertiary/aromatic N) is 2. The molecule has 1 aliphatic heterocycles. The summed E-state index contributed by atoms with van der Waals surface area (Å²) in [5.41, 5.74) is 1.63. The number of thioether (sulfide) groups is 1. The van der Waals surface area contributed by atoms with Crippen molar-refractivity contribution in [1.29, 1.82) is 0 Å². The number of aliphatic hydroxyl groups is 2. The Balaban J connectivity index is 1.68. The summed E-state index contributed by atoms with van der Waals surface area (Å²) in [7, 11) is -2.09. The molecule has 1 fully saturated rings. The normalized spacial score (nSPS) is 23.9. The summed E-state index contributed by atoms with van der Waals surface area (Å²) in [6.07, 6.45) is 2.42. The van der Waals surface area contributed by atoms with Gasteiger partial charge >= 0.3 is 0 Å². The molecule has 0 bridgehead atoms. The minimum atomic E-state index is -3.58. The van der Waals surface area contributed by atoms with E-state index in [0.29, 0.717) is 38.0 Å². The highest BCUT2D eigenvalue weighted by Crippen LogP contribution is 2.42. The Kier molecular flexibility index (Phi) is 6.39. The van der Waals surface area contributed by atoms with Crippen LogP contribution in [-0.4, -0.2) is 58.0 Å². The second-order valence-electron chi connectivity index (χ2n) is 9.52. The lowest BCUT2D eigenvalue weighted by molar-refractivity contribution is 0.0746. The Bertz CT molecular complexity index is 1100. The zero-order valence-corrected chi connectivity index (χ0v) is 20.7. The Labute approximate surface area is 194 Å². The van der Waals surface area contributed by atoms with Crippen molar-refractivity contribution in [3.63, 3.8) is 0 Å². The molecule has 1 aromatic carbocycles. The van der Waals surface area contributed by atoms with Gasteiger partial charge in [0.1, 0.15) is 10.6 Å². The van der Waals surface area contributed by atoms with Gasteiger partial charge in [-0.2, -0.15) is 0 Å². The van der Waals surface area contributed by atoms with Crippen LogP contribution in [0.1, 0.15) is 45.2 Å². The minimum Gasteiger partial charge on any atom is -0.495 e. The van der Waals surface area contributed by atoms with E-state index in [0.717, 1.165) is 22.1 Å². The highest BCUT2D eigenvalue weighted by molar-refractivity contribution is 8.00. The number of sulfone groups is 1. The number of methoxy groups -OCH3 is 1. The lowest BCUT2D eigenvalue weighted by atomic mass is 9.89. The Morgan fingerprint density at radius 2 is 1.94 bits per heavy atom. The third-order valence-corrected chi connectivity index (χ3v) is 9.97. The van der Waals surface area contributed by atoms with Gasteiger partial charge < -0.3 is 19.5 Å². The van der Waals surface area contributed by atoms with Crippen molar-refractivity contribution in [1.82, 2.24) is 9.55 Å². The lowest BCUT2D eigenvalue weighted by Gasteiger charge is -2.25. The van der Waals surface area contributed by atoms with Crippen LogP contribution in [0.25, 0.3) is 11.3 Å². The molecule has 0 amide bonds. The molecule has 0 radical (unpaired) electrons. The molecule has 2 heterocycles. The summed E-state index contributed by atoms with van der Waals surface area (Å²) < 4.78 is 34.3. The standard InChI is InChI=1S/C23H32N2O5S2/c1-14-21(25-12-20(23(2,3)27)31-22(25)24-14)16-7-10-18(30-4)19(11-16)32(28,29)13-15-5-8-17(26)9-6-15/h7,10-11,15,17,20,26-27H,5-6,8-9,12-13H2,1-4H3. The van der Waals surface area contributed by atoms with Crippen molar-refractivity contribution >= 4 is 21.6 Å².